The van der Waals surface area contributed by atoms with Crippen LogP contribution in [0.25, 0.3) is 0 Å². The highest BCUT2D eigenvalue weighted by Gasteiger charge is 2.19. The molecule has 1 aliphatic heterocycles. The van der Waals surface area contributed by atoms with Crippen LogP contribution in [0.5, 0.6) is 5.75 Å². The van der Waals surface area contributed by atoms with Gasteiger partial charge in [0, 0.05) is 18.4 Å². The molecule has 1 N–H and O–H groups in total. The number of hydrogen-bond donors (Lipinski definition) is 1. The molecular weight excluding hydrogens is 240 g/mol. The summed E-state index contributed by atoms with van der Waals surface area (Å²) in [6.07, 6.45) is 0. The predicted octanol–water partition coefficient (Wildman–Crippen LogP) is 1.94. The standard InChI is InChI=1S/C11H14N2O3S/c1-8-2-3-10(9(6-8)13(14)15)16-7-11-12-4-5-17-11/h2-3,6,11-12H,4-5,7H2,1H3/t11-/m1/s1. The Hall–Kier alpha value is -1.27. The van der Waals surface area contributed by atoms with Crippen molar-refractivity contribution >= 4 is 17.4 Å². The molecule has 0 aliphatic carbocycles. The number of nitro benzene ring substituents is 1. The first-order valence-corrected chi connectivity index (χ1v) is 6.44. The third kappa shape index (κ3) is 3.10. The van der Waals surface area contributed by atoms with Crippen LogP contribution in [0, 0.1) is 17.0 Å². The molecule has 2 rings (SSSR count). The van der Waals surface area contributed by atoms with E-state index in [2.05, 4.69) is 5.32 Å². The van der Waals surface area contributed by atoms with Crippen molar-refractivity contribution in [1.82, 2.24) is 5.32 Å². The van der Waals surface area contributed by atoms with Gasteiger partial charge in [-0.1, -0.05) is 6.07 Å². The van der Waals surface area contributed by atoms with E-state index in [1.807, 2.05) is 13.0 Å². The lowest BCUT2D eigenvalue weighted by atomic mass is 10.2. The second-order valence-corrected chi connectivity index (χ2v) is 5.16. The molecule has 6 heteroatoms. The van der Waals surface area contributed by atoms with E-state index in [9.17, 15) is 10.1 Å². The van der Waals surface area contributed by atoms with Crippen LogP contribution in [0.4, 0.5) is 5.69 Å². The summed E-state index contributed by atoms with van der Waals surface area (Å²) in [6, 6.07) is 5.01. The Morgan fingerprint density at radius 3 is 3.12 bits per heavy atom. The van der Waals surface area contributed by atoms with Gasteiger partial charge in [0.05, 0.1) is 10.3 Å². The van der Waals surface area contributed by atoms with Gasteiger partial charge in [-0.05, 0) is 18.6 Å². The van der Waals surface area contributed by atoms with Crippen molar-refractivity contribution < 1.29 is 9.66 Å². The topological polar surface area (TPSA) is 64.4 Å². The maximum atomic E-state index is 10.9. The number of rotatable bonds is 4. The van der Waals surface area contributed by atoms with Crippen LogP contribution in [-0.2, 0) is 0 Å². The van der Waals surface area contributed by atoms with E-state index in [-0.39, 0.29) is 11.1 Å². The van der Waals surface area contributed by atoms with Crippen LogP contribution in [0.15, 0.2) is 18.2 Å². The summed E-state index contributed by atoms with van der Waals surface area (Å²) in [5, 5.41) is 14.4. The summed E-state index contributed by atoms with van der Waals surface area (Å²) in [6.45, 7) is 3.24. The summed E-state index contributed by atoms with van der Waals surface area (Å²) in [5.74, 6) is 1.40. The number of benzene rings is 1. The van der Waals surface area contributed by atoms with E-state index in [1.54, 1.807) is 17.8 Å². The number of hydrogen-bond acceptors (Lipinski definition) is 5. The summed E-state index contributed by atoms with van der Waals surface area (Å²) < 4.78 is 5.51. The SMILES string of the molecule is Cc1ccc(OC[C@@H]2NCCS2)c([N+](=O)[O-])c1. The lowest BCUT2D eigenvalue weighted by Crippen LogP contribution is -2.26. The monoisotopic (exact) mass is 254 g/mol. The molecule has 0 bridgehead atoms. The Bertz CT molecular complexity index is 419. The van der Waals surface area contributed by atoms with Gasteiger partial charge < -0.3 is 10.1 Å². The van der Waals surface area contributed by atoms with E-state index < -0.39 is 4.92 Å². The molecule has 0 unspecified atom stereocenters. The summed E-state index contributed by atoms with van der Waals surface area (Å²) in [4.78, 5) is 10.5. The molecule has 0 amide bonds. The number of nitrogens with one attached hydrogen (secondary N) is 1. The zero-order valence-electron chi connectivity index (χ0n) is 9.51. The number of nitro groups is 1. The normalized spacial score (nSPS) is 19.2. The molecule has 1 fully saturated rings. The molecule has 17 heavy (non-hydrogen) atoms. The summed E-state index contributed by atoms with van der Waals surface area (Å²) >= 11 is 1.77. The van der Waals surface area contributed by atoms with E-state index in [0.29, 0.717) is 12.4 Å². The Morgan fingerprint density at radius 2 is 2.47 bits per heavy atom. The van der Waals surface area contributed by atoms with E-state index in [4.69, 9.17) is 4.74 Å². The Morgan fingerprint density at radius 1 is 1.65 bits per heavy atom. The van der Waals surface area contributed by atoms with E-state index in [0.717, 1.165) is 17.9 Å². The molecule has 0 spiro atoms. The van der Waals surface area contributed by atoms with Crippen molar-refractivity contribution in [3.8, 4) is 5.75 Å². The average Bonchev–Trinajstić information content (AvgIpc) is 2.80. The van der Waals surface area contributed by atoms with Gasteiger partial charge in [-0.2, -0.15) is 0 Å². The highest BCUT2D eigenvalue weighted by Crippen LogP contribution is 2.28. The largest absolute Gasteiger partial charge is 0.484 e. The zero-order chi connectivity index (χ0) is 12.3. The van der Waals surface area contributed by atoms with E-state index in [1.165, 1.54) is 6.07 Å². The van der Waals surface area contributed by atoms with Crippen molar-refractivity contribution in [3.63, 3.8) is 0 Å². The Labute approximate surface area is 104 Å². The van der Waals surface area contributed by atoms with Gasteiger partial charge in [0.25, 0.3) is 0 Å². The third-order valence-electron chi connectivity index (χ3n) is 2.49. The van der Waals surface area contributed by atoms with Gasteiger partial charge in [-0.25, -0.2) is 0 Å². The highest BCUT2D eigenvalue weighted by molar-refractivity contribution is 8.00. The fourth-order valence-corrected chi connectivity index (χ4v) is 2.56. The van der Waals surface area contributed by atoms with Crippen molar-refractivity contribution in [1.29, 1.82) is 0 Å². The first-order chi connectivity index (χ1) is 8.16. The first-order valence-electron chi connectivity index (χ1n) is 5.39. The molecule has 5 nitrogen and oxygen atoms in total. The van der Waals surface area contributed by atoms with Gasteiger partial charge in [0.15, 0.2) is 5.75 Å². The lowest BCUT2D eigenvalue weighted by molar-refractivity contribution is -0.385. The van der Waals surface area contributed by atoms with Crippen LogP contribution >= 0.6 is 11.8 Å². The Kier molecular flexibility index (Phi) is 3.86. The quantitative estimate of drug-likeness (QED) is 0.657. The smallest absolute Gasteiger partial charge is 0.311 e. The van der Waals surface area contributed by atoms with Crippen LogP contribution in [0.1, 0.15) is 5.56 Å². The van der Waals surface area contributed by atoms with Gasteiger partial charge >= 0.3 is 5.69 Å². The predicted molar refractivity (Wildman–Crippen MR) is 67.6 cm³/mol. The molecule has 1 aromatic rings. The molecule has 1 heterocycles. The second-order valence-electron chi connectivity index (χ2n) is 3.85. The first kappa shape index (κ1) is 12.2. The van der Waals surface area contributed by atoms with E-state index >= 15 is 0 Å². The van der Waals surface area contributed by atoms with Crippen LogP contribution in [-0.4, -0.2) is 29.2 Å². The average molecular weight is 254 g/mol. The van der Waals surface area contributed by atoms with Crippen LogP contribution in [0.3, 0.4) is 0 Å². The molecule has 1 atom stereocenters. The molecule has 0 saturated carbocycles. The van der Waals surface area contributed by atoms with Gasteiger partial charge in [0.2, 0.25) is 0 Å². The summed E-state index contributed by atoms with van der Waals surface area (Å²) in [7, 11) is 0. The third-order valence-corrected chi connectivity index (χ3v) is 3.64. The van der Waals surface area contributed by atoms with Crippen molar-refractivity contribution in [3.05, 3.63) is 33.9 Å². The molecule has 1 saturated heterocycles. The molecular formula is C11H14N2O3S. The fourth-order valence-electron chi connectivity index (χ4n) is 1.64. The minimum atomic E-state index is -0.405. The molecule has 1 aromatic carbocycles. The molecule has 0 radical (unpaired) electrons. The van der Waals surface area contributed by atoms with Crippen LogP contribution < -0.4 is 10.1 Å². The lowest BCUT2D eigenvalue weighted by Gasteiger charge is -2.11. The van der Waals surface area contributed by atoms with Crippen molar-refractivity contribution in [2.45, 2.75) is 12.3 Å². The molecule has 92 valence electrons. The van der Waals surface area contributed by atoms with Gasteiger partial charge in [0.1, 0.15) is 6.61 Å². The van der Waals surface area contributed by atoms with Gasteiger partial charge in [-0.3, -0.25) is 10.1 Å². The number of aryl methyl sites for hydroxylation is 1. The maximum absolute atomic E-state index is 10.9. The number of thioether (sulfide) groups is 1. The molecule has 1 aliphatic rings. The number of ether oxygens (including phenoxy) is 1. The Balaban J connectivity index is 2.06. The maximum Gasteiger partial charge on any atom is 0.311 e. The second kappa shape index (κ2) is 5.37. The number of nitrogens with zero attached hydrogens (tertiary/aromatic N) is 1. The molecule has 0 aromatic heterocycles. The van der Waals surface area contributed by atoms with Crippen molar-refractivity contribution in [2.24, 2.45) is 0 Å². The fraction of sp³-hybridized carbons (Fsp3) is 0.455. The highest BCUT2D eigenvalue weighted by atomic mass is 32.2. The minimum absolute atomic E-state index is 0.0352. The van der Waals surface area contributed by atoms with Crippen LogP contribution in [0.2, 0.25) is 0 Å². The summed E-state index contributed by atoms with van der Waals surface area (Å²) in [5.41, 5.74) is 0.894. The minimum Gasteiger partial charge on any atom is -0.484 e. The van der Waals surface area contributed by atoms with Crippen molar-refractivity contribution in [2.75, 3.05) is 18.9 Å². The van der Waals surface area contributed by atoms with Gasteiger partial charge in [-0.15, -0.1) is 11.8 Å². The zero-order valence-corrected chi connectivity index (χ0v) is 10.3.